The number of hydrogen-bond donors (Lipinski definition) is 0. The van der Waals surface area contributed by atoms with E-state index in [1.807, 2.05) is 12.3 Å². The van der Waals surface area contributed by atoms with Gasteiger partial charge in [-0.05, 0) is 36.1 Å². The maximum atomic E-state index is 4.69. The lowest BCUT2D eigenvalue weighted by atomic mass is 10.0. The third-order valence-electron chi connectivity index (χ3n) is 4.52. The van der Waals surface area contributed by atoms with Crippen LogP contribution in [-0.2, 0) is 12.8 Å². The van der Waals surface area contributed by atoms with Crippen LogP contribution >= 0.6 is 0 Å². The average Bonchev–Trinajstić information content (AvgIpc) is 2.78. The summed E-state index contributed by atoms with van der Waals surface area (Å²) in [5, 5.41) is 2.65. The first-order chi connectivity index (χ1) is 10.4. The van der Waals surface area contributed by atoms with Gasteiger partial charge in [-0.25, -0.2) is 4.98 Å². The number of benzene rings is 2. The zero-order valence-electron chi connectivity index (χ0n) is 11.6. The molecule has 0 radical (unpaired) electrons. The number of hydrogen-bond acceptors (Lipinski definition) is 1. The summed E-state index contributed by atoms with van der Waals surface area (Å²) >= 11 is 0. The topological polar surface area (TPSA) is 17.8 Å². The summed E-state index contributed by atoms with van der Waals surface area (Å²) in [6, 6.07) is 19.5. The molecule has 2 heteroatoms. The Kier molecular flexibility index (Phi) is 2.09. The van der Waals surface area contributed by atoms with Crippen LogP contribution in [0.2, 0.25) is 0 Å². The van der Waals surface area contributed by atoms with Gasteiger partial charge in [-0.15, -0.1) is 0 Å². The molecular formula is C19H14N2. The highest BCUT2D eigenvalue weighted by Gasteiger charge is 2.20. The van der Waals surface area contributed by atoms with Crippen LogP contribution in [0.1, 0.15) is 11.1 Å². The molecule has 1 aliphatic heterocycles. The van der Waals surface area contributed by atoms with Crippen LogP contribution in [0.4, 0.5) is 0 Å². The van der Waals surface area contributed by atoms with E-state index < -0.39 is 0 Å². The zero-order valence-corrected chi connectivity index (χ0v) is 11.6. The zero-order chi connectivity index (χ0) is 13.8. The summed E-state index contributed by atoms with van der Waals surface area (Å²) in [6.07, 6.45) is 4.03. The minimum Gasteiger partial charge on any atom is -0.293 e. The van der Waals surface area contributed by atoms with Gasteiger partial charge in [0.25, 0.3) is 0 Å². The molecule has 0 saturated carbocycles. The van der Waals surface area contributed by atoms with Crippen LogP contribution in [0.15, 0.2) is 60.8 Å². The molecule has 5 rings (SSSR count). The van der Waals surface area contributed by atoms with Crippen LogP contribution in [0.25, 0.3) is 27.6 Å². The lowest BCUT2D eigenvalue weighted by molar-refractivity contribution is 0.957. The average molecular weight is 270 g/mol. The molecule has 0 bridgehead atoms. The van der Waals surface area contributed by atoms with E-state index in [4.69, 9.17) is 0 Å². The second-order valence-electron chi connectivity index (χ2n) is 5.65. The maximum Gasteiger partial charge on any atom is 0.140 e. The van der Waals surface area contributed by atoms with Crippen molar-refractivity contribution in [1.29, 1.82) is 0 Å². The second kappa shape index (κ2) is 3.95. The molecule has 21 heavy (non-hydrogen) atoms. The molecule has 2 aromatic heterocycles. The van der Waals surface area contributed by atoms with E-state index in [1.54, 1.807) is 0 Å². The van der Waals surface area contributed by atoms with Crippen molar-refractivity contribution in [2.24, 2.45) is 0 Å². The predicted molar refractivity (Wildman–Crippen MR) is 86.0 cm³/mol. The predicted octanol–water partition coefficient (Wildman–Crippen LogP) is 4.28. The Hall–Kier alpha value is -2.61. The highest BCUT2D eigenvalue weighted by atomic mass is 15.1. The van der Waals surface area contributed by atoms with Crippen molar-refractivity contribution in [3.8, 4) is 5.82 Å². The molecule has 0 spiro atoms. The van der Waals surface area contributed by atoms with Crippen molar-refractivity contribution in [2.45, 2.75) is 12.8 Å². The fourth-order valence-corrected chi connectivity index (χ4v) is 3.61. The van der Waals surface area contributed by atoms with Crippen LogP contribution in [0, 0.1) is 0 Å². The van der Waals surface area contributed by atoms with Gasteiger partial charge in [-0.1, -0.05) is 42.5 Å². The largest absolute Gasteiger partial charge is 0.293 e. The molecule has 0 aliphatic carbocycles. The van der Waals surface area contributed by atoms with Crippen molar-refractivity contribution in [3.63, 3.8) is 0 Å². The molecule has 0 N–H and O–H groups in total. The van der Waals surface area contributed by atoms with E-state index in [9.17, 15) is 0 Å². The molecule has 0 fully saturated rings. The van der Waals surface area contributed by atoms with Crippen LogP contribution < -0.4 is 0 Å². The normalized spacial score (nSPS) is 13.3. The number of rotatable bonds is 0. The first-order valence-corrected chi connectivity index (χ1v) is 7.39. The summed E-state index contributed by atoms with van der Waals surface area (Å²) in [6.45, 7) is 0. The van der Waals surface area contributed by atoms with Crippen LogP contribution in [0.5, 0.6) is 0 Å². The Bertz CT molecular complexity index is 995. The van der Waals surface area contributed by atoms with Crippen LogP contribution in [0.3, 0.4) is 0 Å². The molecule has 4 aromatic rings. The van der Waals surface area contributed by atoms with Gasteiger partial charge in [0.15, 0.2) is 0 Å². The molecule has 3 heterocycles. The quantitative estimate of drug-likeness (QED) is 0.466. The molecule has 0 unspecified atom stereocenters. The standard InChI is InChI=1S/C19H14N2/c1-2-9-17-15(7-1)16-8-3-5-13-10-11-14-6-4-12-20-19(14)21(17)18(13)16/h1-9,12H,10-11H2. The summed E-state index contributed by atoms with van der Waals surface area (Å²) in [4.78, 5) is 4.69. The van der Waals surface area contributed by atoms with Gasteiger partial charge in [-0.3, -0.25) is 4.57 Å². The number of para-hydroxylation sites is 2. The van der Waals surface area contributed by atoms with Gasteiger partial charge in [-0.2, -0.15) is 0 Å². The number of nitrogens with zero attached hydrogens (tertiary/aromatic N) is 2. The number of pyridine rings is 1. The molecule has 2 aromatic carbocycles. The summed E-state index contributed by atoms with van der Waals surface area (Å²) in [5.74, 6) is 1.09. The first kappa shape index (κ1) is 11.1. The van der Waals surface area contributed by atoms with Gasteiger partial charge in [0.05, 0.1) is 11.0 Å². The number of fused-ring (bicyclic) bond motifs is 5. The Morgan fingerprint density at radius 3 is 2.57 bits per heavy atom. The third-order valence-corrected chi connectivity index (χ3v) is 4.52. The summed E-state index contributed by atoms with van der Waals surface area (Å²) in [5.41, 5.74) is 5.33. The molecular weight excluding hydrogens is 256 g/mol. The molecule has 2 nitrogen and oxygen atoms in total. The summed E-state index contributed by atoms with van der Waals surface area (Å²) < 4.78 is 2.35. The van der Waals surface area contributed by atoms with Gasteiger partial charge in [0, 0.05) is 17.0 Å². The van der Waals surface area contributed by atoms with Gasteiger partial charge >= 0.3 is 0 Å². The minimum atomic E-state index is 1.05. The fourth-order valence-electron chi connectivity index (χ4n) is 3.61. The lowest BCUT2D eigenvalue weighted by Gasteiger charge is -2.08. The molecule has 1 aliphatic rings. The van der Waals surface area contributed by atoms with Crippen molar-refractivity contribution in [3.05, 3.63) is 71.9 Å². The smallest absolute Gasteiger partial charge is 0.140 e. The fraction of sp³-hybridized carbons (Fsp3) is 0.105. The highest BCUT2D eigenvalue weighted by molar-refractivity contribution is 6.10. The van der Waals surface area contributed by atoms with E-state index in [2.05, 4.69) is 58.1 Å². The van der Waals surface area contributed by atoms with E-state index in [0.29, 0.717) is 0 Å². The van der Waals surface area contributed by atoms with Crippen molar-refractivity contribution < 1.29 is 0 Å². The van der Waals surface area contributed by atoms with E-state index in [0.717, 1.165) is 18.7 Å². The number of aryl methyl sites for hydroxylation is 2. The van der Waals surface area contributed by atoms with Gasteiger partial charge < -0.3 is 0 Å². The Balaban J connectivity index is 2.09. The van der Waals surface area contributed by atoms with Gasteiger partial charge in [0.1, 0.15) is 5.82 Å². The molecule has 0 amide bonds. The SMILES string of the molecule is c1cnc2c(c1)CCc1cccc3c4ccccc4n-2c13. The Morgan fingerprint density at radius 1 is 0.762 bits per heavy atom. The monoisotopic (exact) mass is 270 g/mol. The van der Waals surface area contributed by atoms with Crippen molar-refractivity contribution >= 4 is 21.8 Å². The summed E-state index contributed by atoms with van der Waals surface area (Å²) in [7, 11) is 0. The maximum absolute atomic E-state index is 4.69. The third kappa shape index (κ3) is 1.39. The van der Waals surface area contributed by atoms with E-state index in [1.165, 1.54) is 32.9 Å². The Labute approximate surface area is 122 Å². The van der Waals surface area contributed by atoms with E-state index >= 15 is 0 Å². The van der Waals surface area contributed by atoms with E-state index in [-0.39, 0.29) is 0 Å². The highest BCUT2D eigenvalue weighted by Crippen LogP contribution is 2.36. The molecule has 0 saturated heterocycles. The van der Waals surface area contributed by atoms with Crippen molar-refractivity contribution in [1.82, 2.24) is 9.55 Å². The van der Waals surface area contributed by atoms with Crippen molar-refractivity contribution in [2.75, 3.05) is 0 Å². The Morgan fingerprint density at radius 2 is 1.57 bits per heavy atom. The lowest BCUT2D eigenvalue weighted by Crippen LogP contribution is -2.00. The van der Waals surface area contributed by atoms with Crippen LogP contribution in [-0.4, -0.2) is 9.55 Å². The second-order valence-corrected chi connectivity index (χ2v) is 5.65. The molecule has 0 atom stereocenters. The first-order valence-electron chi connectivity index (χ1n) is 7.39. The minimum absolute atomic E-state index is 1.05. The molecule has 100 valence electrons. The number of aromatic nitrogens is 2. The van der Waals surface area contributed by atoms with Gasteiger partial charge in [0.2, 0.25) is 0 Å².